The second kappa shape index (κ2) is 65.4. The number of hydrogen-bond acceptors (Lipinski definition) is 0. The van der Waals surface area contributed by atoms with Gasteiger partial charge in [-0.25, -0.2) is 0 Å². The fourth-order valence-corrected chi connectivity index (χ4v) is 0. The van der Waals surface area contributed by atoms with Gasteiger partial charge in [-0.1, -0.05) is 0 Å². The van der Waals surface area contributed by atoms with Gasteiger partial charge >= 0.3 is 44.8 Å². The van der Waals surface area contributed by atoms with Crippen LogP contribution in [0.2, 0.25) is 0 Å². The van der Waals surface area contributed by atoms with Crippen LogP contribution in [0.1, 0.15) is 0 Å². The summed E-state index contributed by atoms with van der Waals surface area (Å²) in [6.07, 6.45) is 0. The summed E-state index contributed by atoms with van der Waals surface area (Å²) in [6, 6.07) is 0. The van der Waals surface area contributed by atoms with E-state index in [9.17, 15) is 0 Å². The Labute approximate surface area is 105 Å². The van der Waals surface area contributed by atoms with E-state index in [1.165, 1.54) is 0 Å². The van der Waals surface area contributed by atoms with Gasteiger partial charge in [-0.15, -0.1) is 0 Å². The second-order valence-corrected chi connectivity index (χ2v) is 0. The first-order chi connectivity index (χ1) is 0. The van der Waals surface area contributed by atoms with E-state index in [1.807, 2.05) is 0 Å². The van der Waals surface area contributed by atoms with Crippen molar-refractivity contribution in [3.05, 3.63) is 0 Å². The van der Waals surface area contributed by atoms with Crippen LogP contribution in [0, 0.1) is 0 Å². The molecule has 0 radical (unpaired) electrons. The van der Waals surface area contributed by atoms with Crippen molar-refractivity contribution in [2.45, 2.75) is 0 Å². The molecular formula is Cl5NbTa+5. The van der Waals surface area contributed by atoms with Crippen LogP contribution in [0.3, 0.4) is 0 Å². The van der Waals surface area contributed by atoms with Gasteiger partial charge in [-0.05, 0) is 0 Å². The molecule has 0 N–H and O–H groups in total. The fraction of sp³-hybridized carbons (Fsp3) is 0. The summed E-state index contributed by atoms with van der Waals surface area (Å²) in [6.45, 7) is 0. The average molecular weight is 451 g/mol. The SMILES string of the molecule is [Cl-].[Cl-].[Cl-].[Cl-].[Cl-].[Nb+5].[Ta+5]. The van der Waals surface area contributed by atoms with Crippen molar-refractivity contribution in [2.75, 3.05) is 0 Å². The Hall–Kier alpha value is 2.93. The Balaban J connectivity index is 0. The predicted octanol–water partition coefficient (Wildman–Crippen LogP) is -15.0. The summed E-state index contributed by atoms with van der Waals surface area (Å²) < 4.78 is 0. The summed E-state index contributed by atoms with van der Waals surface area (Å²) in [5.41, 5.74) is 0. The van der Waals surface area contributed by atoms with Crippen molar-refractivity contribution in [1.82, 2.24) is 0 Å². The Morgan fingerprint density at radius 1 is 0.429 bits per heavy atom. The molecule has 0 atom stereocenters. The molecule has 0 aromatic rings. The average Bonchev–Trinajstić information content (AvgIpc) is 0. The zero-order chi connectivity index (χ0) is 0. The molecule has 0 nitrogen and oxygen atoms in total. The van der Waals surface area contributed by atoms with E-state index < -0.39 is 0 Å². The molecule has 0 aliphatic heterocycles. The van der Waals surface area contributed by atoms with Crippen molar-refractivity contribution >= 4 is 0 Å². The van der Waals surface area contributed by atoms with Gasteiger partial charge < -0.3 is 62.0 Å². The van der Waals surface area contributed by atoms with Crippen LogP contribution in [0.15, 0.2) is 0 Å². The third-order valence-corrected chi connectivity index (χ3v) is 0. The minimum absolute atomic E-state index is 0. The summed E-state index contributed by atoms with van der Waals surface area (Å²) >= 11 is 0. The van der Waals surface area contributed by atoms with Gasteiger partial charge in [0.05, 0.1) is 0 Å². The maximum atomic E-state index is 0. The molecule has 7 heavy (non-hydrogen) atoms. The molecule has 0 bridgehead atoms. The molecule has 0 aliphatic carbocycles. The smallest absolute Gasteiger partial charge is 1.00 e. The van der Waals surface area contributed by atoms with Crippen molar-refractivity contribution in [3.63, 3.8) is 0 Å². The van der Waals surface area contributed by atoms with Crippen molar-refractivity contribution in [1.29, 1.82) is 0 Å². The molecule has 0 amide bonds. The first kappa shape index (κ1) is 92.2. The van der Waals surface area contributed by atoms with Crippen LogP contribution >= 0.6 is 0 Å². The van der Waals surface area contributed by atoms with Crippen molar-refractivity contribution in [2.24, 2.45) is 0 Å². The van der Waals surface area contributed by atoms with Crippen LogP contribution in [0.25, 0.3) is 0 Å². The fourth-order valence-electron chi connectivity index (χ4n) is 0. The van der Waals surface area contributed by atoms with Crippen LogP contribution in [0.5, 0.6) is 0 Å². The maximum absolute atomic E-state index is 0. The summed E-state index contributed by atoms with van der Waals surface area (Å²) in [4.78, 5) is 0. The number of rotatable bonds is 0. The molecule has 0 spiro atoms. The second-order valence-electron chi connectivity index (χ2n) is 0. The summed E-state index contributed by atoms with van der Waals surface area (Å²) in [5, 5.41) is 0. The quantitative estimate of drug-likeness (QED) is 0.322. The molecule has 0 saturated heterocycles. The zero-order valence-corrected chi connectivity index (χ0v) is 12.0. The van der Waals surface area contributed by atoms with Crippen LogP contribution in [0.4, 0.5) is 0 Å². The first-order valence-electron chi connectivity index (χ1n) is 0. The summed E-state index contributed by atoms with van der Waals surface area (Å²) in [5.74, 6) is 0. The van der Waals surface area contributed by atoms with E-state index >= 15 is 0 Å². The molecule has 0 unspecified atom stereocenters. The van der Waals surface area contributed by atoms with E-state index in [2.05, 4.69) is 0 Å². The van der Waals surface area contributed by atoms with E-state index in [4.69, 9.17) is 0 Å². The van der Waals surface area contributed by atoms with Gasteiger partial charge in [0.15, 0.2) is 0 Å². The number of hydrogen-bond donors (Lipinski definition) is 0. The molecule has 0 saturated carbocycles. The molecular weight excluding hydrogens is 451 g/mol. The predicted molar refractivity (Wildman–Crippen MR) is 0 cm³/mol. The number of halogens is 5. The van der Waals surface area contributed by atoms with E-state index in [0.29, 0.717) is 0 Å². The molecule has 0 aromatic heterocycles. The van der Waals surface area contributed by atoms with E-state index in [-0.39, 0.29) is 107 Å². The summed E-state index contributed by atoms with van der Waals surface area (Å²) in [7, 11) is 0. The van der Waals surface area contributed by atoms with Gasteiger partial charge in [-0.2, -0.15) is 0 Å². The third kappa shape index (κ3) is 49.9. The van der Waals surface area contributed by atoms with Crippen molar-refractivity contribution in [3.8, 4) is 0 Å². The van der Waals surface area contributed by atoms with Gasteiger partial charge in [0, 0.05) is 0 Å². The molecule has 7 heteroatoms. The Bertz CT molecular complexity index is 8.04. The third-order valence-electron chi connectivity index (χ3n) is 0. The molecule has 40 valence electrons. The van der Waals surface area contributed by atoms with Crippen molar-refractivity contribution < 1.29 is 107 Å². The van der Waals surface area contributed by atoms with Gasteiger partial charge in [0.25, 0.3) is 0 Å². The molecule has 0 fully saturated rings. The van der Waals surface area contributed by atoms with Gasteiger partial charge in [0.1, 0.15) is 0 Å². The maximum Gasteiger partial charge on any atom is 5.00 e. The van der Waals surface area contributed by atoms with Gasteiger partial charge in [0.2, 0.25) is 0 Å². The van der Waals surface area contributed by atoms with E-state index in [1.54, 1.807) is 0 Å². The van der Waals surface area contributed by atoms with Crippen LogP contribution < -0.4 is 62.0 Å². The van der Waals surface area contributed by atoms with Crippen LogP contribution in [-0.4, -0.2) is 0 Å². The monoisotopic (exact) mass is 449 g/mol. The largest absolute Gasteiger partial charge is 5.00 e. The minimum Gasteiger partial charge on any atom is -1.00 e. The zero-order valence-electron chi connectivity index (χ0n) is 2.78. The molecule has 0 heterocycles. The molecule has 0 aromatic carbocycles. The standard InChI is InChI=1S/5ClH.Nb.Ta/h5*1H;;/q;;;;;2*+5/p-5. The Morgan fingerprint density at radius 2 is 0.429 bits per heavy atom. The molecule has 0 rings (SSSR count). The minimum atomic E-state index is 0. The van der Waals surface area contributed by atoms with Gasteiger partial charge in [-0.3, -0.25) is 0 Å². The van der Waals surface area contributed by atoms with Crippen LogP contribution in [-0.2, 0) is 44.8 Å². The molecule has 0 aliphatic rings. The van der Waals surface area contributed by atoms with E-state index in [0.717, 1.165) is 0 Å². The normalized spacial score (nSPS) is 0. The topological polar surface area (TPSA) is 0 Å². The Kier molecular flexibility index (Phi) is 862. The first-order valence-corrected chi connectivity index (χ1v) is 0. The Morgan fingerprint density at radius 3 is 0.429 bits per heavy atom.